The first-order chi connectivity index (χ1) is 21.3. The summed E-state index contributed by atoms with van der Waals surface area (Å²) >= 11 is 1.76. The van der Waals surface area contributed by atoms with Gasteiger partial charge in [-0.25, -0.2) is 9.97 Å². The number of benzene rings is 5. The van der Waals surface area contributed by atoms with E-state index in [0.29, 0.717) is 5.82 Å². The van der Waals surface area contributed by atoms with Crippen molar-refractivity contribution in [3.8, 4) is 55.5 Å². The summed E-state index contributed by atoms with van der Waals surface area (Å²) in [5, 5.41) is 3.72. The average Bonchev–Trinajstić information content (AvgIpc) is 3.53. The molecule has 3 aromatic heterocycles. The number of thiophene rings is 1. The van der Waals surface area contributed by atoms with E-state index in [9.17, 15) is 0 Å². The van der Waals surface area contributed by atoms with Crippen molar-refractivity contribution in [2.24, 2.45) is 0 Å². The van der Waals surface area contributed by atoms with E-state index < -0.39 is 0 Å². The molecule has 0 saturated heterocycles. The second-order valence-electron chi connectivity index (χ2n) is 10.5. The van der Waals surface area contributed by atoms with E-state index >= 15 is 0 Å². The number of fused-ring (bicyclic) bond motifs is 2. The van der Waals surface area contributed by atoms with Gasteiger partial charge in [-0.1, -0.05) is 115 Å². The molecule has 0 aliphatic rings. The first-order valence-corrected chi connectivity index (χ1v) is 15.1. The van der Waals surface area contributed by atoms with Crippen molar-refractivity contribution in [1.29, 1.82) is 0 Å². The Balaban J connectivity index is 1.22. The zero-order valence-electron chi connectivity index (χ0n) is 23.2. The maximum atomic E-state index is 5.09. The second-order valence-corrected chi connectivity index (χ2v) is 11.6. The normalized spacial score (nSPS) is 11.3. The molecule has 0 amide bonds. The maximum absolute atomic E-state index is 5.09. The van der Waals surface area contributed by atoms with Crippen LogP contribution in [-0.2, 0) is 0 Å². The van der Waals surface area contributed by atoms with Gasteiger partial charge in [0, 0.05) is 28.2 Å². The highest BCUT2D eigenvalue weighted by Crippen LogP contribution is 2.36. The summed E-state index contributed by atoms with van der Waals surface area (Å²) in [7, 11) is 0. The molecule has 8 aromatic rings. The van der Waals surface area contributed by atoms with E-state index in [2.05, 4.69) is 138 Å². The molecular weight excluding hydrogens is 543 g/mol. The van der Waals surface area contributed by atoms with Crippen LogP contribution >= 0.6 is 11.3 Å². The summed E-state index contributed by atoms with van der Waals surface area (Å²) < 4.78 is 1.25. The quantitative estimate of drug-likeness (QED) is 0.208. The molecular formula is C39H25N3S. The average molecular weight is 568 g/mol. The number of nitrogens with zero attached hydrogens (tertiary/aromatic N) is 3. The van der Waals surface area contributed by atoms with E-state index in [4.69, 9.17) is 9.97 Å². The Hall–Kier alpha value is -5.45. The molecule has 5 aromatic carbocycles. The van der Waals surface area contributed by atoms with Gasteiger partial charge in [0.2, 0.25) is 0 Å². The fraction of sp³-hybridized carbons (Fsp3) is 0. The highest BCUT2D eigenvalue weighted by Gasteiger charge is 2.14. The molecule has 0 saturated carbocycles. The van der Waals surface area contributed by atoms with Gasteiger partial charge >= 0.3 is 0 Å². The highest BCUT2D eigenvalue weighted by molar-refractivity contribution is 7.22. The first-order valence-electron chi connectivity index (χ1n) is 14.3. The van der Waals surface area contributed by atoms with E-state index in [0.717, 1.165) is 38.5 Å². The lowest BCUT2D eigenvalue weighted by Crippen LogP contribution is -1.95. The van der Waals surface area contributed by atoms with Crippen molar-refractivity contribution in [3.63, 3.8) is 0 Å². The van der Waals surface area contributed by atoms with Crippen molar-refractivity contribution in [3.05, 3.63) is 152 Å². The second kappa shape index (κ2) is 10.8. The minimum absolute atomic E-state index is 0.709. The lowest BCUT2D eigenvalue weighted by Gasteiger charge is -2.11. The summed E-state index contributed by atoms with van der Waals surface area (Å²) in [5.74, 6) is 0.709. The highest BCUT2D eigenvalue weighted by atomic mass is 32.1. The van der Waals surface area contributed by atoms with Crippen LogP contribution in [0.4, 0.5) is 0 Å². The number of rotatable bonds is 5. The van der Waals surface area contributed by atoms with E-state index in [1.54, 1.807) is 17.5 Å². The lowest BCUT2D eigenvalue weighted by atomic mass is 9.97. The summed E-state index contributed by atoms with van der Waals surface area (Å²) in [5.41, 5.74) is 8.47. The minimum Gasteiger partial charge on any atom is -0.264 e. The third kappa shape index (κ3) is 4.88. The molecule has 3 heterocycles. The minimum atomic E-state index is 0.709. The monoisotopic (exact) mass is 567 g/mol. The number of aromatic nitrogens is 3. The SMILES string of the molecule is c1cncc(-c2ccc(-c3nc(-c4ccc(-c5cccc6ccccc56)cc4)cc(-c4cc5ccccc5s4)n3)cc2)c1. The van der Waals surface area contributed by atoms with Crippen LogP contribution in [0.3, 0.4) is 0 Å². The van der Waals surface area contributed by atoms with Gasteiger partial charge in [-0.05, 0) is 62.7 Å². The van der Waals surface area contributed by atoms with Gasteiger partial charge in [0.1, 0.15) is 0 Å². The smallest absolute Gasteiger partial charge is 0.160 e. The van der Waals surface area contributed by atoms with Gasteiger partial charge in [0.05, 0.1) is 16.3 Å². The van der Waals surface area contributed by atoms with E-state index in [1.165, 1.54) is 32.0 Å². The standard InChI is InChI=1S/C39H25N3S/c1-3-11-33-27(7-1)9-5-12-34(33)28-16-18-29(19-17-28)35-24-36(38-23-31-8-2-4-13-37(31)43-38)42-39(41-35)30-20-14-26(15-21-30)32-10-6-22-40-25-32/h1-25H. The molecule has 0 N–H and O–H groups in total. The Bertz CT molecular complexity index is 2180. The Labute approximate surface area is 253 Å². The van der Waals surface area contributed by atoms with Crippen molar-refractivity contribution in [1.82, 2.24) is 15.0 Å². The van der Waals surface area contributed by atoms with Crippen LogP contribution in [-0.4, -0.2) is 15.0 Å². The summed E-state index contributed by atoms with van der Waals surface area (Å²) in [6.07, 6.45) is 3.68. The third-order valence-electron chi connectivity index (χ3n) is 7.82. The van der Waals surface area contributed by atoms with Gasteiger partial charge in [-0.3, -0.25) is 4.98 Å². The van der Waals surface area contributed by atoms with E-state index in [-0.39, 0.29) is 0 Å². The molecule has 0 unspecified atom stereocenters. The fourth-order valence-electron chi connectivity index (χ4n) is 5.60. The number of hydrogen-bond acceptors (Lipinski definition) is 4. The van der Waals surface area contributed by atoms with Gasteiger partial charge < -0.3 is 0 Å². The largest absolute Gasteiger partial charge is 0.264 e. The Kier molecular flexibility index (Phi) is 6.32. The maximum Gasteiger partial charge on any atom is 0.160 e. The predicted molar refractivity (Wildman–Crippen MR) is 180 cm³/mol. The van der Waals surface area contributed by atoms with Crippen LogP contribution < -0.4 is 0 Å². The molecule has 0 bridgehead atoms. The summed E-state index contributed by atoms with van der Waals surface area (Å²) in [6.45, 7) is 0. The molecule has 3 nitrogen and oxygen atoms in total. The summed E-state index contributed by atoms with van der Waals surface area (Å²) in [6, 6.07) is 49.0. The Morgan fingerprint density at radius 3 is 1.98 bits per heavy atom. The molecule has 0 radical (unpaired) electrons. The van der Waals surface area contributed by atoms with Crippen molar-refractivity contribution < 1.29 is 0 Å². The molecule has 0 aliphatic heterocycles. The van der Waals surface area contributed by atoms with Crippen molar-refractivity contribution in [2.45, 2.75) is 0 Å². The van der Waals surface area contributed by atoms with Crippen molar-refractivity contribution in [2.75, 3.05) is 0 Å². The number of hydrogen-bond donors (Lipinski definition) is 0. The summed E-state index contributed by atoms with van der Waals surface area (Å²) in [4.78, 5) is 15.6. The third-order valence-corrected chi connectivity index (χ3v) is 8.96. The van der Waals surface area contributed by atoms with Gasteiger partial charge in [0.25, 0.3) is 0 Å². The van der Waals surface area contributed by atoms with Gasteiger partial charge in [-0.2, -0.15) is 0 Å². The van der Waals surface area contributed by atoms with Gasteiger partial charge in [-0.15, -0.1) is 11.3 Å². The first kappa shape index (κ1) is 25.3. The van der Waals surface area contributed by atoms with Crippen LogP contribution in [0, 0.1) is 0 Å². The van der Waals surface area contributed by atoms with E-state index in [1.807, 2.05) is 12.3 Å². The zero-order valence-corrected chi connectivity index (χ0v) is 24.0. The molecule has 8 rings (SSSR count). The fourth-order valence-corrected chi connectivity index (χ4v) is 6.62. The number of pyridine rings is 1. The van der Waals surface area contributed by atoms with Crippen molar-refractivity contribution >= 4 is 32.2 Å². The molecule has 4 heteroatoms. The molecule has 0 atom stereocenters. The van der Waals surface area contributed by atoms with Crippen LogP contribution in [0.25, 0.3) is 76.3 Å². The van der Waals surface area contributed by atoms with Gasteiger partial charge in [0.15, 0.2) is 5.82 Å². The predicted octanol–water partition coefficient (Wildman–Crippen LogP) is 10.6. The molecule has 43 heavy (non-hydrogen) atoms. The zero-order chi connectivity index (χ0) is 28.6. The molecule has 0 aliphatic carbocycles. The molecule has 0 fully saturated rings. The Morgan fingerprint density at radius 1 is 0.465 bits per heavy atom. The van der Waals surface area contributed by atoms with Crippen LogP contribution in [0.1, 0.15) is 0 Å². The lowest BCUT2D eigenvalue weighted by molar-refractivity contribution is 1.19. The molecule has 202 valence electrons. The molecule has 0 spiro atoms. The Morgan fingerprint density at radius 2 is 1.16 bits per heavy atom. The van der Waals surface area contributed by atoms with Crippen LogP contribution in [0.15, 0.2) is 152 Å². The van der Waals surface area contributed by atoms with Crippen LogP contribution in [0.5, 0.6) is 0 Å². The topological polar surface area (TPSA) is 38.7 Å². The van der Waals surface area contributed by atoms with Crippen LogP contribution in [0.2, 0.25) is 0 Å².